The number of amides is 2. The number of benzene rings is 2. The number of nitrogens with zero attached hydrogens (tertiary/aromatic N) is 2. The number of hydrogen-bond acceptors (Lipinski definition) is 5. The molecule has 0 aromatic heterocycles. The van der Waals surface area contributed by atoms with Crippen molar-refractivity contribution in [1.29, 1.82) is 0 Å². The number of nitrogens with two attached hydrogens (primary N) is 1. The van der Waals surface area contributed by atoms with Crippen molar-refractivity contribution in [1.82, 2.24) is 9.80 Å². The number of piperidine rings is 1. The van der Waals surface area contributed by atoms with Gasteiger partial charge in [-0.2, -0.15) is 0 Å². The van der Waals surface area contributed by atoms with Gasteiger partial charge in [-0.15, -0.1) is 0 Å². The first-order valence-electron chi connectivity index (χ1n) is 12.1. The highest BCUT2D eigenvalue weighted by molar-refractivity contribution is 7.91. The summed E-state index contributed by atoms with van der Waals surface area (Å²) in [5, 5.41) is 0. The third-order valence-corrected chi connectivity index (χ3v) is 8.08. The summed E-state index contributed by atoms with van der Waals surface area (Å²) in [4.78, 5) is 28.0. The van der Waals surface area contributed by atoms with Crippen molar-refractivity contribution >= 4 is 21.7 Å². The molecule has 2 saturated heterocycles. The largest absolute Gasteiger partial charge is 0.366 e. The highest BCUT2D eigenvalue weighted by atomic mass is 32.2. The summed E-state index contributed by atoms with van der Waals surface area (Å²) < 4.78 is 52.1. The lowest BCUT2D eigenvalue weighted by molar-refractivity contribution is -0.129. The molecule has 0 radical (unpaired) electrons. The SMILES string of the molecule is CS(=O)(=O)CC(=O)N(CCN1[C@@H]2CC[C@H]1C[C@@H](c1cccc(C(N)=O)c1)C2)Cc1c(F)cccc1F. The first-order chi connectivity index (χ1) is 17.0. The van der Waals surface area contributed by atoms with Gasteiger partial charge in [-0.05, 0) is 61.4 Å². The van der Waals surface area contributed by atoms with Crippen LogP contribution in [0.5, 0.6) is 0 Å². The van der Waals surface area contributed by atoms with Crippen molar-refractivity contribution in [2.24, 2.45) is 5.73 Å². The summed E-state index contributed by atoms with van der Waals surface area (Å²) in [7, 11) is -3.61. The van der Waals surface area contributed by atoms with Crippen molar-refractivity contribution in [3.63, 3.8) is 0 Å². The van der Waals surface area contributed by atoms with E-state index in [4.69, 9.17) is 5.73 Å². The molecule has 2 heterocycles. The molecule has 2 aromatic rings. The highest BCUT2D eigenvalue weighted by Crippen LogP contribution is 2.43. The average molecular weight is 520 g/mol. The Bertz CT molecular complexity index is 1220. The molecule has 2 fully saturated rings. The molecule has 0 saturated carbocycles. The van der Waals surface area contributed by atoms with E-state index in [1.54, 1.807) is 6.07 Å². The zero-order valence-electron chi connectivity index (χ0n) is 20.2. The second-order valence-electron chi connectivity index (χ2n) is 9.87. The quantitative estimate of drug-likeness (QED) is 0.549. The van der Waals surface area contributed by atoms with Crippen LogP contribution in [0.2, 0.25) is 0 Å². The van der Waals surface area contributed by atoms with Gasteiger partial charge in [0.15, 0.2) is 9.84 Å². The summed E-state index contributed by atoms with van der Waals surface area (Å²) in [5.41, 5.74) is 6.76. The minimum atomic E-state index is -3.61. The average Bonchev–Trinajstić information content (AvgIpc) is 3.04. The molecule has 7 nitrogen and oxygen atoms in total. The molecule has 2 amide bonds. The first-order valence-corrected chi connectivity index (χ1v) is 14.1. The Morgan fingerprint density at radius 1 is 1.06 bits per heavy atom. The van der Waals surface area contributed by atoms with Gasteiger partial charge in [0.25, 0.3) is 0 Å². The maximum atomic E-state index is 14.3. The summed E-state index contributed by atoms with van der Waals surface area (Å²) in [6.07, 6.45) is 4.73. The maximum absolute atomic E-state index is 14.3. The van der Waals surface area contributed by atoms with Gasteiger partial charge in [0.2, 0.25) is 11.8 Å². The third kappa shape index (κ3) is 6.10. The van der Waals surface area contributed by atoms with Gasteiger partial charge >= 0.3 is 0 Å². The normalized spacial score (nSPS) is 21.9. The smallest absolute Gasteiger partial charge is 0.248 e. The molecule has 0 aliphatic carbocycles. The fourth-order valence-corrected chi connectivity index (χ4v) is 6.21. The predicted octanol–water partition coefficient (Wildman–Crippen LogP) is 2.85. The lowest BCUT2D eigenvalue weighted by atomic mass is 9.84. The van der Waals surface area contributed by atoms with Crippen LogP contribution in [-0.4, -0.2) is 67.2 Å². The monoisotopic (exact) mass is 519 g/mol. The van der Waals surface area contributed by atoms with Crippen LogP contribution in [0.4, 0.5) is 8.78 Å². The molecule has 194 valence electrons. The van der Waals surface area contributed by atoms with E-state index < -0.39 is 39.0 Å². The molecule has 0 unspecified atom stereocenters. The van der Waals surface area contributed by atoms with E-state index in [0.717, 1.165) is 49.6 Å². The molecule has 2 aliphatic heterocycles. The maximum Gasteiger partial charge on any atom is 0.248 e. The minimum absolute atomic E-state index is 0.164. The summed E-state index contributed by atoms with van der Waals surface area (Å²) in [6, 6.07) is 11.4. The molecule has 2 N–H and O–H groups in total. The lowest BCUT2D eigenvalue weighted by Crippen LogP contribution is -2.47. The molecular formula is C26H31F2N3O4S. The van der Waals surface area contributed by atoms with Crippen LogP contribution in [-0.2, 0) is 21.2 Å². The van der Waals surface area contributed by atoms with E-state index in [1.165, 1.54) is 11.0 Å². The van der Waals surface area contributed by atoms with Crippen LogP contribution in [0.3, 0.4) is 0 Å². The minimum Gasteiger partial charge on any atom is -0.366 e. The van der Waals surface area contributed by atoms with Crippen LogP contribution >= 0.6 is 0 Å². The van der Waals surface area contributed by atoms with Crippen LogP contribution in [0, 0.1) is 11.6 Å². The van der Waals surface area contributed by atoms with E-state index in [9.17, 15) is 26.8 Å². The second-order valence-corrected chi connectivity index (χ2v) is 12.0. The van der Waals surface area contributed by atoms with Crippen molar-refractivity contribution in [2.45, 2.75) is 50.2 Å². The molecular weight excluding hydrogens is 488 g/mol. The third-order valence-electron chi connectivity index (χ3n) is 7.30. The Kier molecular flexibility index (Phi) is 7.75. The Balaban J connectivity index is 1.46. The summed E-state index contributed by atoms with van der Waals surface area (Å²) >= 11 is 0. The molecule has 2 aliphatic rings. The Morgan fingerprint density at radius 2 is 1.67 bits per heavy atom. The van der Waals surface area contributed by atoms with Gasteiger partial charge < -0.3 is 10.6 Å². The van der Waals surface area contributed by atoms with E-state index >= 15 is 0 Å². The molecule has 3 atom stereocenters. The van der Waals surface area contributed by atoms with Crippen LogP contribution in [0.25, 0.3) is 0 Å². The lowest BCUT2D eigenvalue weighted by Gasteiger charge is -2.40. The van der Waals surface area contributed by atoms with Gasteiger partial charge in [0, 0.05) is 42.6 Å². The van der Waals surface area contributed by atoms with Crippen LogP contribution < -0.4 is 5.73 Å². The van der Waals surface area contributed by atoms with E-state index in [2.05, 4.69) is 4.90 Å². The van der Waals surface area contributed by atoms with E-state index in [1.807, 2.05) is 18.2 Å². The van der Waals surface area contributed by atoms with E-state index in [-0.39, 0.29) is 36.7 Å². The van der Waals surface area contributed by atoms with Crippen molar-refractivity contribution in [3.8, 4) is 0 Å². The van der Waals surface area contributed by atoms with Gasteiger partial charge in [-0.3, -0.25) is 14.5 Å². The summed E-state index contributed by atoms with van der Waals surface area (Å²) in [5.74, 6) is -3.10. The van der Waals surface area contributed by atoms with Crippen LogP contribution in [0.1, 0.15) is 53.1 Å². The highest BCUT2D eigenvalue weighted by Gasteiger charge is 2.41. The number of carbonyl (C=O) groups excluding carboxylic acids is 2. The zero-order chi connectivity index (χ0) is 26.0. The fraction of sp³-hybridized carbons (Fsp3) is 0.462. The van der Waals surface area contributed by atoms with Crippen LogP contribution in [0.15, 0.2) is 42.5 Å². The van der Waals surface area contributed by atoms with Gasteiger partial charge in [0.1, 0.15) is 17.4 Å². The number of primary amides is 1. The number of hydrogen-bond donors (Lipinski definition) is 1. The number of rotatable bonds is 9. The first kappa shape index (κ1) is 26.2. The fourth-order valence-electron chi connectivity index (χ4n) is 5.58. The van der Waals surface area contributed by atoms with Gasteiger partial charge in [0.05, 0.1) is 6.54 Å². The Labute approximate surface area is 210 Å². The Hall–Kier alpha value is -2.85. The predicted molar refractivity (Wildman–Crippen MR) is 132 cm³/mol. The van der Waals surface area contributed by atoms with Gasteiger partial charge in [-0.25, -0.2) is 17.2 Å². The zero-order valence-corrected chi connectivity index (χ0v) is 21.0. The number of halogens is 2. The Morgan fingerprint density at radius 3 is 2.25 bits per heavy atom. The molecule has 2 bridgehead atoms. The molecule has 0 spiro atoms. The molecule has 10 heteroatoms. The number of sulfone groups is 1. The van der Waals surface area contributed by atoms with Crippen molar-refractivity contribution in [3.05, 3.63) is 70.8 Å². The molecule has 4 rings (SSSR count). The standard InChI is InChI=1S/C26H31F2N3O4S/c1-36(34,35)16-25(32)30(15-22-23(27)6-3-7-24(22)28)10-11-31-20-8-9-21(31)14-19(13-20)17-4-2-5-18(12-17)26(29)33/h2-7,12,19-21H,8-11,13-16H2,1H3,(H2,29,33)/t19-,20+,21-. The number of carbonyl (C=O) groups is 2. The topological polar surface area (TPSA) is 101 Å². The summed E-state index contributed by atoms with van der Waals surface area (Å²) in [6.45, 7) is 0.310. The van der Waals surface area contributed by atoms with Crippen molar-refractivity contribution < 1.29 is 26.8 Å². The van der Waals surface area contributed by atoms with Gasteiger partial charge in [-0.1, -0.05) is 18.2 Å². The second kappa shape index (κ2) is 10.6. The molecule has 2 aromatic carbocycles. The van der Waals surface area contributed by atoms with Crippen molar-refractivity contribution in [2.75, 3.05) is 25.1 Å². The molecule has 36 heavy (non-hydrogen) atoms. The van der Waals surface area contributed by atoms with E-state index in [0.29, 0.717) is 12.1 Å². The number of fused-ring (bicyclic) bond motifs is 2.